The van der Waals surface area contributed by atoms with Crippen molar-refractivity contribution in [1.29, 1.82) is 0 Å². The highest BCUT2D eigenvalue weighted by Crippen LogP contribution is 2.29. The molecule has 1 aliphatic rings. The van der Waals surface area contributed by atoms with Gasteiger partial charge in [-0.25, -0.2) is 4.98 Å². The van der Waals surface area contributed by atoms with E-state index in [2.05, 4.69) is 23.2 Å². The first-order valence-corrected chi connectivity index (χ1v) is 6.06. The Labute approximate surface area is 101 Å². The fraction of sp³-hybridized carbons (Fsp3) is 0.357. The molecule has 0 bridgehead atoms. The van der Waals surface area contributed by atoms with Crippen molar-refractivity contribution in [1.82, 2.24) is 4.98 Å². The second-order valence-corrected chi connectivity index (χ2v) is 4.55. The summed E-state index contributed by atoms with van der Waals surface area (Å²) in [4.78, 5) is 4.43. The van der Waals surface area contributed by atoms with Crippen LogP contribution in [-0.2, 0) is 19.4 Å². The molecule has 1 aromatic carbocycles. The number of nitrogens with zero attached hydrogens (tertiary/aromatic N) is 1. The van der Waals surface area contributed by atoms with Crippen LogP contribution >= 0.6 is 0 Å². The van der Waals surface area contributed by atoms with Gasteiger partial charge in [-0.05, 0) is 36.5 Å². The Morgan fingerprint density at radius 1 is 1.29 bits per heavy atom. The monoisotopic (exact) mass is 228 g/mol. The quantitative estimate of drug-likeness (QED) is 0.859. The van der Waals surface area contributed by atoms with E-state index in [-0.39, 0.29) is 0 Å². The normalized spacial score (nSPS) is 14.0. The van der Waals surface area contributed by atoms with Crippen LogP contribution in [0.25, 0.3) is 11.3 Å². The number of aromatic nitrogens is 1. The van der Waals surface area contributed by atoms with Crippen LogP contribution in [0.4, 0.5) is 0 Å². The highest BCUT2D eigenvalue weighted by molar-refractivity contribution is 5.63. The van der Waals surface area contributed by atoms with Gasteiger partial charge in [0, 0.05) is 12.5 Å². The van der Waals surface area contributed by atoms with E-state index in [1.807, 2.05) is 6.92 Å². The zero-order valence-corrected chi connectivity index (χ0v) is 9.99. The lowest BCUT2D eigenvalue weighted by Gasteiger charge is -2.03. The van der Waals surface area contributed by atoms with Crippen molar-refractivity contribution in [2.45, 2.75) is 32.7 Å². The number of aryl methyl sites for hydroxylation is 3. The molecular formula is C14H16N2O. The molecule has 0 spiro atoms. The average molecular weight is 228 g/mol. The Balaban J connectivity index is 2.08. The van der Waals surface area contributed by atoms with Gasteiger partial charge >= 0.3 is 0 Å². The van der Waals surface area contributed by atoms with E-state index in [0.717, 1.165) is 17.0 Å². The summed E-state index contributed by atoms with van der Waals surface area (Å²) in [6, 6.07) is 6.57. The average Bonchev–Trinajstić information content (AvgIpc) is 2.93. The van der Waals surface area contributed by atoms with Gasteiger partial charge < -0.3 is 10.2 Å². The minimum atomic E-state index is 0.396. The lowest BCUT2D eigenvalue weighted by molar-refractivity contribution is 0.477. The molecule has 0 unspecified atom stereocenters. The van der Waals surface area contributed by atoms with Gasteiger partial charge in [-0.1, -0.05) is 12.1 Å². The summed E-state index contributed by atoms with van der Waals surface area (Å²) in [5.74, 6) is 1.46. The number of benzene rings is 1. The van der Waals surface area contributed by atoms with Crippen molar-refractivity contribution in [2.24, 2.45) is 5.73 Å². The zero-order valence-electron chi connectivity index (χ0n) is 9.99. The van der Waals surface area contributed by atoms with Crippen LogP contribution in [0.15, 0.2) is 22.6 Å². The molecule has 0 amide bonds. The second kappa shape index (κ2) is 4.00. The third kappa shape index (κ3) is 1.76. The van der Waals surface area contributed by atoms with Crippen molar-refractivity contribution in [3.05, 3.63) is 41.0 Å². The van der Waals surface area contributed by atoms with Crippen LogP contribution in [-0.4, -0.2) is 4.98 Å². The molecule has 0 saturated heterocycles. The lowest BCUT2D eigenvalue weighted by atomic mass is 10.0. The van der Waals surface area contributed by atoms with Gasteiger partial charge in [0.15, 0.2) is 5.89 Å². The summed E-state index contributed by atoms with van der Waals surface area (Å²) in [5, 5.41) is 0. The van der Waals surface area contributed by atoms with Gasteiger partial charge in [-0.15, -0.1) is 0 Å². The molecular weight excluding hydrogens is 212 g/mol. The van der Waals surface area contributed by atoms with Crippen molar-refractivity contribution >= 4 is 0 Å². The van der Waals surface area contributed by atoms with E-state index >= 15 is 0 Å². The second-order valence-electron chi connectivity index (χ2n) is 4.55. The molecule has 88 valence electrons. The number of fused-ring (bicyclic) bond motifs is 1. The summed E-state index contributed by atoms with van der Waals surface area (Å²) >= 11 is 0. The molecule has 2 N–H and O–H groups in total. The van der Waals surface area contributed by atoms with Crippen molar-refractivity contribution in [3.63, 3.8) is 0 Å². The number of rotatable bonds is 2. The fourth-order valence-corrected chi connectivity index (χ4v) is 2.55. The highest BCUT2D eigenvalue weighted by Gasteiger charge is 2.15. The Morgan fingerprint density at radius 3 is 2.94 bits per heavy atom. The highest BCUT2D eigenvalue weighted by atomic mass is 16.4. The molecule has 0 saturated carbocycles. The third-order valence-corrected chi connectivity index (χ3v) is 3.36. The maximum atomic E-state index is 5.68. The topological polar surface area (TPSA) is 52.0 Å². The Bertz CT molecular complexity index is 557. The first-order chi connectivity index (χ1) is 8.28. The zero-order chi connectivity index (χ0) is 11.8. The van der Waals surface area contributed by atoms with Crippen molar-refractivity contribution in [2.75, 3.05) is 0 Å². The molecule has 0 radical (unpaired) electrons. The Morgan fingerprint density at radius 2 is 2.12 bits per heavy atom. The number of nitrogens with two attached hydrogens (primary N) is 1. The van der Waals surface area contributed by atoms with E-state index in [0.29, 0.717) is 12.4 Å². The summed E-state index contributed by atoms with van der Waals surface area (Å²) in [6.45, 7) is 2.25. The molecule has 0 aliphatic heterocycles. The predicted molar refractivity (Wildman–Crippen MR) is 66.6 cm³/mol. The summed E-state index contributed by atoms with van der Waals surface area (Å²) in [6.07, 6.45) is 3.65. The number of hydrogen-bond donors (Lipinski definition) is 1. The van der Waals surface area contributed by atoms with E-state index in [4.69, 9.17) is 10.2 Å². The minimum Gasteiger partial charge on any atom is -0.444 e. The van der Waals surface area contributed by atoms with Crippen LogP contribution in [0, 0.1) is 6.92 Å². The van der Waals surface area contributed by atoms with E-state index in [9.17, 15) is 0 Å². The van der Waals surface area contributed by atoms with Crippen molar-refractivity contribution in [3.8, 4) is 11.3 Å². The smallest absolute Gasteiger partial charge is 0.191 e. The van der Waals surface area contributed by atoms with Crippen LogP contribution < -0.4 is 5.73 Å². The lowest BCUT2D eigenvalue weighted by Crippen LogP contribution is -1.97. The third-order valence-electron chi connectivity index (χ3n) is 3.36. The van der Waals surface area contributed by atoms with Gasteiger partial charge in [0.2, 0.25) is 0 Å². The van der Waals surface area contributed by atoms with E-state index in [1.165, 1.54) is 30.4 Å². The molecule has 1 heterocycles. The molecule has 1 aliphatic carbocycles. The van der Waals surface area contributed by atoms with Crippen LogP contribution in [0.2, 0.25) is 0 Å². The standard InChI is InChI=1S/C14H16N2O/c1-9-16-14(13(8-15)17-9)12-6-5-10-3-2-4-11(10)7-12/h5-7H,2-4,8,15H2,1H3. The summed E-state index contributed by atoms with van der Waals surface area (Å²) in [7, 11) is 0. The predicted octanol–water partition coefficient (Wildman–Crippen LogP) is 2.60. The molecule has 17 heavy (non-hydrogen) atoms. The van der Waals surface area contributed by atoms with Gasteiger partial charge in [0.25, 0.3) is 0 Å². The number of hydrogen-bond acceptors (Lipinski definition) is 3. The SMILES string of the molecule is Cc1nc(-c2ccc3c(c2)CCC3)c(CN)o1. The fourth-order valence-electron chi connectivity index (χ4n) is 2.55. The molecule has 1 aromatic heterocycles. The molecule has 0 fully saturated rings. The largest absolute Gasteiger partial charge is 0.444 e. The molecule has 0 atom stereocenters. The van der Waals surface area contributed by atoms with Gasteiger partial charge in [-0.3, -0.25) is 0 Å². The minimum absolute atomic E-state index is 0.396. The number of oxazole rings is 1. The maximum absolute atomic E-state index is 5.68. The van der Waals surface area contributed by atoms with Gasteiger partial charge in [0.1, 0.15) is 11.5 Å². The first-order valence-electron chi connectivity index (χ1n) is 6.06. The van der Waals surface area contributed by atoms with Crippen molar-refractivity contribution < 1.29 is 4.42 Å². The Kier molecular flexibility index (Phi) is 2.48. The van der Waals surface area contributed by atoms with Gasteiger partial charge in [-0.2, -0.15) is 0 Å². The molecule has 3 heteroatoms. The summed E-state index contributed by atoms with van der Waals surface area (Å²) < 4.78 is 5.50. The van der Waals surface area contributed by atoms with Gasteiger partial charge in [0.05, 0.1) is 6.54 Å². The Hall–Kier alpha value is -1.61. The first kappa shape index (κ1) is 10.5. The maximum Gasteiger partial charge on any atom is 0.191 e. The molecule has 3 rings (SSSR count). The molecule has 2 aromatic rings. The molecule has 3 nitrogen and oxygen atoms in total. The summed E-state index contributed by atoms with van der Waals surface area (Å²) in [5.41, 5.74) is 10.6. The van der Waals surface area contributed by atoms with Crippen LogP contribution in [0.3, 0.4) is 0 Å². The van der Waals surface area contributed by atoms with E-state index < -0.39 is 0 Å². The van der Waals surface area contributed by atoms with E-state index in [1.54, 1.807) is 0 Å². The van der Waals surface area contributed by atoms with Crippen LogP contribution in [0.1, 0.15) is 29.2 Å². The van der Waals surface area contributed by atoms with Crippen LogP contribution in [0.5, 0.6) is 0 Å².